The number of hydrogen-bond acceptors (Lipinski definition) is 1. The first-order valence-electron chi connectivity index (χ1n) is 6.33. The molecule has 0 bridgehead atoms. The second kappa shape index (κ2) is 4.21. The molecule has 0 amide bonds. The Balaban J connectivity index is 2.33. The highest BCUT2D eigenvalue weighted by molar-refractivity contribution is 5.37. The summed E-state index contributed by atoms with van der Waals surface area (Å²) in [7, 11) is 0. The maximum Gasteiger partial charge on any atom is 0.0583 e. The molecular weight excluding hydrogens is 196 g/mol. The summed E-state index contributed by atoms with van der Waals surface area (Å²) < 4.78 is 0. The lowest BCUT2D eigenvalue weighted by molar-refractivity contribution is 0.158. The van der Waals surface area contributed by atoms with Gasteiger partial charge in [0.1, 0.15) is 0 Å². The number of fused-ring (bicyclic) bond motifs is 1. The van der Waals surface area contributed by atoms with Crippen molar-refractivity contribution in [2.24, 2.45) is 0 Å². The van der Waals surface area contributed by atoms with Crippen molar-refractivity contribution >= 4 is 0 Å². The Hall–Kier alpha value is -0.820. The lowest BCUT2D eigenvalue weighted by Crippen LogP contribution is -2.21. The zero-order valence-electron chi connectivity index (χ0n) is 10.6. The molecule has 0 aliphatic heterocycles. The Kier molecular flexibility index (Phi) is 3.07. The number of benzene rings is 1. The molecule has 1 unspecified atom stereocenters. The first kappa shape index (κ1) is 11.7. The monoisotopic (exact) mass is 218 g/mol. The van der Waals surface area contributed by atoms with Crippen LogP contribution in [0.2, 0.25) is 0 Å². The van der Waals surface area contributed by atoms with Crippen LogP contribution in [0, 0.1) is 0 Å². The minimum atomic E-state index is -0.127. The summed E-state index contributed by atoms with van der Waals surface area (Å²) in [5.74, 6) is 0. The van der Waals surface area contributed by atoms with E-state index in [-0.39, 0.29) is 11.5 Å². The van der Waals surface area contributed by atoms with E-state index in [4.69, 9.17) is 0 Å². The zero-order valence-corrected chi connectivity index (χ0v) is 10.6. The van der Waals surface area contributed by atoms with E-state index in [1.54, 1.807) is 0 Å². The normalized spacial score (nSPS) is 20.6. The van der Waals surface area contributed by atoms with Gasteiger partial charge in [-0.15, -0.1) is 0 Å². The van der Waals surface area contributed by atoms with Crippen molar-refractivity contribution in [1.29, 1.82) is 0 Å². The summed E-state index contributed by atoms with van der Waals surface area (Å²) in [5, 5.41) is 9.63. The second-order valence-corrected chi connectivity index (χ2v) is 5.62. The Labute approximate surface area is 98.5 Å². The van der Waals surface area contributed by atoms with Crippen LogP contribution in [-0.4, -0.2) is 11.2 Å². The van der Waals surface area contributed by atoms with Gasteiger partial charge in [0, 0.05) is 0 Å². The molecule has 1 aliphatic carbocycles. The van der Waals surface area contributed by atoms with Crippen LogP contribution in [0.1, 0.15) is 50.3 Å². The van der Waals surface area contributed by atoms with Crippen molar-refractivity contribution in [2.75, 3.05) is 0 Å². The minimum Gasteiger partial charge on any atom is -0.393 e. The third-order valence-electron chi connectivity index (χ3n) is 4.07. The largest absolute Gasteiger partial charge is 0.393 e. The lowest BCUT2D eigenvalue weighted by Gasteiger charge is -2.27. The molecule has 1 atom stereocenters. The quantitative estimate of drug-likeness (QED) is 0.808. The number of aryl methyl sites for hydroxylation is 1. The van der Waals surface area contributed by atoms with Gasteiger partial charge in [-0.1, -0.05) is 39.0 Å². The molecule has 1 N–H and O–H groups in total. The summed E-state index contributed by atoms with van der Waals surface area (Å²) in [6, 6.07) is 6.80. The Bertz CT molecular complexity index is 379. The average molecular weight is 218 g/mol. The van der Waals surface area contributed by atoms with Gasteiger partial charge in [-0.2, -0.15) is 0 Å². The Morgan fingerprint density at radius 1 is 1.31 bits per heavy atom. The van der Waals surface area contributed by atoms with Gasteiger partial charge in [0.05, 0.1) is 6.10 Å². The maximum absolute atomic E-state index is 9.63. The number of aliphatic hydroxyl groups excluding tert-OH is 1. The van der Waals surface area contributed by atoms with Crippen LogP contribution in [0.3, 0.4) is 0 Å². The molecule has 88 valence electrons. The van der Waals surface area contributed by atoms with E-state index in [0.717, 1.165) is 25.7 Å². The molecule has 1 aromatic carbocycles. The van der Waals surface area contributed by atoms with E-state index >= 15 is 0 Å². The summed E-state index contributed by atoms with van der Waals surface area (Å²) in [5.41, 5.74) is 4.49. The maximum atomic E-state index is 9.63. The van der Waals surface area contributed by atoms with Crippen molar-refractivity contribution in [3.05, 3.63) is 34.9 Å². The first-order valence-corrected chi connectivity index (χ1v) is 6.33. The van der Waals surface area contributed by atoms with E-state index in [1.807, 2.05) is 0 Å². The predicted molar refractivity (Wildman–Crippen MR) is 67.8 cm³/mol. The lowest BCUT2D eigenvalue weighted by atomic mass is 9.79. The highest BCUT2D eigenvalue weighted by Crippen LogP contribution is 2.30. The number of aliphatic hydroxyl groups is 1. The van der Waals surface area contributed by atoms with Crippen LogP contribution in [0.4, 0.5) is 0 Å². The fourth-order valence-electron chi connectivity index (χ4n) is 2.36. The van der Waals surface area contributed by atoms with Gasteiger partial charge in [0.25, 0.3) is 0 Å². The Morgan fingerprint density at radius 2 is 2.06 bits per heavy atom. The van der Waals surface area contributed by atoms with Crippen LogP contribution in [-0.2, 0) is 18.3 Å². The van der Waals surface area contributed by atoms with Crippen LogP contribution in [0.15, 0.2) is 18.2 Å². The van der Waals surface area contributed by atoms with Gasteiger partial charge in [-0.25, -0.2) is 0 Å². The summed E-state index contributed by atoms with van der Waals surface area (Å²) >= 11 is 0. The van der Waals surface area contributed by atoms with Crippen molar-refractivity contribution < 1.29 is 5.11 Å². The molecule has 1 aromatic rings. The molecule has 0 aromatic heterocycles. The number of hydrogen-bond donors (Lipinski definition) is 1. The number of rotatable bonds is 2. The first-order chi connectivity index (χ1) is 7.53. The van der Waals surface area contributed by atoms with Crippen molar-refractivity contribution in [1.82, 2.24) is 0 Å². The van der Waals surface area contributed by atoms with Gasteiger partial charge >= 0.3 is 0 Å². The van der Waals surface area contributed by atoms with Crippen molar-refractivity contribution in [2.45, 2.75) is 58.0 Å². The fourth-order valence-corrected chi connectivity index (χ4v) is 2.36. The molecule has 2 rings (SSSR count). The van der Waals surface area contributed by atoms with Crippen LogP contribution >= 0.6 is 0 Å². The topological polar surface area (TPSA) is 20.2 Å². The molecule has 1 nitrogen and oxygen atoms in total. The van der Waals surface area contributed by atoms with Crippen LogP contribution in [0.5, 0.6) is 0 Å². The van der Waals surface area contributed by atoms with Gasteiger partial charge < -0.3 is 5.11 Å². The van der Waals surface area contributed by atoms with E-state index < -0.39 is 0 Å². The SMILES string of the molecule is CCC(C)(C)c1ccc2c(c1)CCC(O)C2. The summed E-state index contributed by atoms with van der Waals surface area (Å²) in [4.78, 5) is 0. The third-order valence-corrected chi connectivity index (χ3v) is 4.07. The van der Waals surface area contributed by atoms with Crippen molar-refractivity contribution in [3.8, 4) is 0 Å². The minimum absolute atomic E-state index is 0.127. The molecule has 0 saturated heterocycles. The second-order valence-electron chi connectivity index (χ2n) is 5.62. The van der Waals surface area contributed by atoms with Gasteiger partial charge in [0.2, 0.25) is 0 Å². The Morgan fingerprint density at radius 3 is 2.75 bits per heavy atom. The van der Waals surface area contributed by atoms with Crippen LogP contribution in [0.25, 0.3) is 0 Å². The van der Waals surface area contributed by atoms with Crippen molar-refractivity contribution in [3.63, 3.8) is 0 Å². The molecule has 1 aliphatic rings. The highest BCUT2D eigenvalue weighted by Gasteiger charge is 2.21. The molecule has 1 heteroatoms. The molecule has 0 radical (unpaired) electrons. The van der Waals surface area contributed by atoms with Gasteiger partial charge in [0.15, 0.2) is 0 Å². The predicted octanol–water partition coefficient (Wildman–Crippen LogP) is 3.22. The molecule has 0 spiro atoms. The van der Waals surface area contributed by atoms with Crippen LogP contribution < -0.4 is 0 Å². The standard InChI is InChI=1S/C15H22O/c1-4-15(2,3)13-7-5-12-10-14(16)8-6-11(12)9-13/h5,7,9,14,16H,4,6,8,10H2,1-3H3. The summed E-state index contributed by atoms with van der Waals surface area (Å²) in [6.45, 7) is 6.84. The third kappa shape index (κ3) is 2.15. The molecule has 0 fully saturated rings. The fraction of sp³-hybridized carbons (Fsp3) is 0.600. The molecular formula is C15H22O. The van der Waals surface area contributed by atoms with Gasteiger partial charge in [-0.05, 0) is 47.8 Å². The summed E-state index contributed by atoms with van der Waals surface area (Å²) in [6.07, 6.45) is 3.82. The zero-order chi connectivity index (χ0) is 11.8. The average Bonchev–Trinajstić information content (AvgIpc) is 2.28. The molecule has 0 saturated carbocycles. The highest BCUT2D eigenvalue weighted by atomic mass is 16.3. The smallest absolute Gasteiger partial charge is 0.0583 e. The molecule has 16 heavy (non-hydrogen) atoms. The molecule has 0 heterocycles. The van der Waals surface area contributed by atoms with Gasteiger partial charge in [-0.3, -0.25) is 0 Å². The van der Waals surface area contributed by atoms with E-state index in [2.05, 4.69) is 39.0 Å². The van der Waals surface area contributed by atoms with E-state index in [1.165, 1.54) is 16.7 Å². The van der Waals surface area contributed by atoms with E-state index in [9.17, 15) is 5.11 Å². The van der Waals surface area contributed by atoms with E-state index in [0.29, 0.717) is 0 Å².